The number of halogens is 3. The number of fused-ring (bicyclic) bond motifs is 6. The third-order valence-corrected chi connectivity index (χ3v) is 11.0. The molecule has 0 amide bonds. The van der Waals surface area contributed by atoms with Gasteiger partial charge < -0.3 is 9.47 Å². The second-order valence-electron chi connectivity index (χ2n) is 13.5. The molecule has 1 aromatic heterocycles. The minimum Gasteiger partial charge on any atom is -0.477 e. The molecule has 7 unspecified atom stereocenters. The lowest BCUT2D eigenvalue weighted by atomic mass is 9.91. The number of nitrogens with zero attached hydrogens (tertiary/aromatic N) is 3. The number of ether oxygens (including phenoxy) is 2. The molecule has 1 aromatic rings. The summed E-state index contributed by atoms with van der Waals surface area (Å²) in [6.07, 6.45) is 6.00. The molecular formula is C29H48F3N7O2S. The third-order valence-electron chi connectivity index (χ3n) is 10.0. The Bertz CT molecular complexity index is 1040. The van der Waals surface area contributed by atoms with E-state index in [1.807, 2.05) is 28.9 Å². The standard InChI is InChI=1S/C29H48F3N7O2S/c1-27(2)17-21-19-38(27)26-20(18-34-42-25-6-3-5-22(35-25)33-13-16-40-21)7-8-23(36-26)39-14-9-24(37-39)41-15-4-10-28(11-12-28)29(30,31)32/h9,14,20-23,25-26,33-36H,3-8,10-13,15-19H2,1-2H3. The smallest absolute Gasteiger partial charge is 0.394 e. The van der Waals surface area contributed by atoms with Crippen LogP contribution in [0.5, 0.6) is 5.88 Å². The topological polar surface area (TPSA) is 87.6 Å². The predicted octanol–water partition coefficient (Wildman–Crippen LogP) is 4.35. The van der Waals surface area contributed by atoms with Crippen molar-refractivity contribution in [3.05, 3.63) is 12.3 Å². The Kier molecular flexibility index (Phi) is 9.37. The van der Waals surface area contributed by atoms with Crippen LogP contribution in [0.3, 0.4) is 0 Å². The summed E-state index contributed by atoms with van der Waals surface area (Å²) in [5, 5.41) is 16.4. The Labute approximate surface area is 251 Å². The van der Waals surface area contributed by atoms with E-state index in [-0.39, 0.29) is 49.8 Å². The van der Waals surface area contributed by atoms with Crippen LogP contribution >= 0.6 is 11.9 Å². The highest BCUT2D eigenvalue weighted by Gasteiger charge is 2.62. The van der Waals surface area contributed by atoms with E-state index >= 15 is 0 Å². The summed E-state index contributed by atoms with van der Waals surface area (Å²) in [5.41, 5.74) is -1.48. The summed E-state index contributed by atoms with van der Waals surface area (Å²) in [6.45, 7) is 8.24. The molecule has 238 valence electrons. The highest BCUT2D eigenvalue weighted by molar-refractivity contribution is 7.98. The van der Waals surface area contributed by atoms with Gasteiger partial charge in [0.2, 0.25) is 5.88 Å². The van der Waals surface area contributed by atoms with Gasteiger partial charge >= 0.3 is 6.18 Å². The molecule has 5 aliphatic rings. The number of aromatic nitrogens is 2. The SMILES string of the molecule is CC1(C)CC2CN1C1NC(n3ccc(OCCCC4(C(F)(F)F)CC4)n3)CCC1CNSC1CCCC(NCCO2)N1. The first kappa shape index (κ1) is 30.9. The normalized spacial score (nSPS) is 36.8. The fourth-order valence-corrected chi connectivity index (χ4v) is 8.40. The van der Waals surface area contributed by atoms with Gasteiger partial charge in [0.05, 0.1) is 42.4 Å². The van der Waals surface area contributed by atoms with Crippen molar-refractivity contribution in [2.75, 3.05) is 32.8 Å². The van der Waals surface area contributed by atoms with Gasteiger partial charge in [-0.3, -0.25) is 30.3 Å². The van der Waals surface area contributed by atoms with E-state index in [2.05, 4.69) is 44.5 Å². The van der Waals surface area contributed by atoms with Gasteiger partial charge in [-0.05, 0) is 78.1 Å². The van der Waals surface area contributed by atoms with Gasteiger partial charge in [-0.25, -0.2) is 0 Å². The maximum absolute atomic E-state index is 13.2. The van der Waals surface area contributed by atoms with E-state index in [4.69, 9.17) is 9.47 Å². The third kappa shape index (κ3) is 7.07. The number of alkyl halides is 3. The molecule has 1 saturated carbocycles. The van der Waals surface area contributed by atoms with Crippen molar-refractivity contribution in [1.29, 1.82) is 0 Å². The van der Waals surface area contributed by atoms with Crippen LogP contribution in [-0.4, -0.2) is 83.1 Å². The van der Waals surface area contributed by atoms with Crippen LogP contribution in [0.25, 0.3) is 0 Å². The minimum atomic E-state index is -4.11. The maximum Gasteiger partial charge on any atom is 0.394 e. The van der Waals surface area contributed by atoms with E-state index in [0.717, 1.165) is 51.7 Å². The van der Waals surface area contributed by atoms with Gasteiger partial charge in [0.15, 0.2) is 0 Å². The molecule has 4 N–H and O–H groups in total. The summed E-state index contributed by atoms with van der Waals surface area (Å²) < 4.78 is 57.5. The Morgan fingerprint density at radius 2 is 2.02 bits per heavy atom. The lowest BCUT2D eigenvalue weighted by Crippen LogP contribution is -2.60. The van der Waals surface area contributed by atoms with Gasteiger partial charge in [0.25, 0.3) is 0 Å². The van der Waals surface area contributed by atoms with Gasteiger partial charge in [0.1, 0.15) is 6.17 Å². The fraction of sp³-hybridized carbons (Fsp3) is 0.897. The molecule has 13 heteroatoms. The molecule has 0 aromatic carbocycles. The van der Waals surface area contributed by atoms with E-state index in [9.17, 15) is 13.2 Å². The van der Waals surface area contributed by atoms with Crippen molar-refractivity contribution in [1.82, 2.24) is 35.4 Å². The number of piperidine rings is 2. The maximum atomic E-state index is 13.2. The molecule has 7 atom stereocenters. The average molecular weight is 616 g/mol. The zero-order valence-electron chi connectivity index (χ0n) is 24.9. The van der Waals surface area contributed by atoms with E-state index in [1.165, 1.54) is 6.42 Å². The summed E-state index contributed by atoms with van der Waals surface area (Å²) >= 11 is 1.82. The zero-order chi connectivity index (χ0) is 29.4. The number of hydrogen-bond donors (Lipinski definition) is 4. The first-order chi connectivity index (χ1) is 20.1. The zero-order valence-corrected chi connectivity index (χ0v) is 25.7. The summed E-state index contributed by atoms with van der Waals surface area (Å²) in [4.78, 5) is 2.60. The summed E-state index contributed by atoms with van der Waals surface area (Å²) in [6, 6.07) is 1.82. The van der Waals surface area contributed by atoms with Crippen molar-refractivity contribution in [3.63, 3.8) is 0 Å². The van der Waals surface area contributed by atoms with Gasteiger partial charge in [-0.1, -0.05) is 11.9 Å². The highest BCUT2D eigenvalue weighted by atomic mass is 32.2. The Morgan fingerprint density at radius 3 is 2.83 bits per heavy atom. The molecule has 1 aliphatic carbocycles. The second-order valence-corrected chi connectivity index (χ2v) is 14.6. The lowest BCUT2D eigenvalue weighted by Gasteiger charge is -2.47. The number of hydrogen-bond acceptors (Lipinski definition) is 9. The molecule has 0 spiro atoms. The predicted molar refractivity (Wildman–Crippen MR) is 157 cm³/mol. The van der Waals surface area contributed by atoms with Crippen LogP contribution in [0.4, 0.5) is 13.2 Å². The van der Waals surface area contributed by atoms with Crippen LogP contribution in [0, 0.1) is 11.3 Å². The van der Waals surface area contributed by atoms with E-state index < -0.39 is 11.6 Å². The average Bonchev–Trinajstić information content (AvgIpc) is 3.50. The largest absolute Gasteiger partial charge is 0.477 e. The molecule has 4 saturated heterocycles. The van der Waals surface area contributed by atoms with Crippen LogP contribution in [0.1, 0.15) is 84.2 Å². The Hall–Kier alpha value is -1.09. The molecule has 9 nitrogen and oxygen atoms in total. The van der Waals surface area contributed by atoms with E-state index in [1.54, 1.807) is 0 Å². The lowest BCUT2D eigenvalue weighted by molar-refractivity contribution is -0.189. The first-order valence-corrected chi connectivity index (χ1v) is 16.8. The Morgan fingerprint density at radius 1 is 1.17 bits per heavy atom. The van der Waals surface area contributed by atoms with Gasteiger partial charge in [-0.2, -0.15) is 13.2 Å². The summed E-state index contributed by atoms with van der Waals surface area (Å²) in [7, 11) is 0. The Balaban J connectivity index is 1.09. The molecule has 6 rings (SSSR count). The van der Waals surface area contributed by atoms with Crippen LogP contribution in [-0.2, 0) is 4.74 Å². The first-order valence-electron chi connectivity index (χ1n) is 15.9. The molecule has 0 radical (unpaired) electrons. The summed E-state index contributed by atoms with van der Waals surface area (Å²) in [5.74, 6) is 0.891. The van der Waals surface area contributed by atoms with Crippen molar-refractivity contribution in [2.45, 2.75) is 120 Å². The van der Waals surface area contributed by atoms with Crippen molar-refractivity contribution in [2.24, 2.45) is 11.3 Å². The van der Waals surface area contributed by atoms with Crippen LogP contribution in [0.2, 0.25) is 0 Å². The molecular weight excluding hydrogens is 567 g/mol. The minimum absolute atomic E-state index is 0.00804. The molecule has 5 heterocycles. The van der Waals surface area contributed by atoms with E-state index in [0.29, 0.717) is 36.4 Å². The number of rotatable bonds is 6. The monoisotopic (exact) mass is 615 g/mol. The van der Waals surface area contributed by atoms with Crippen molar-refractivity contribution in [3.8, 4) is 5.88 Å². The quantitative estimate of drug-likeness (QED) is 0.276. The molecule has 42 heavy (non-hydrogen) atoms. The number of nitrogens with one attached hydrogen (secondary N) is 4. The molecule has 4 bridgehead atoms. The molecule has 4 aliphatic heterocycles. The second kappa shape index (κ2) is 12.7. The van der Waals surface area contributed by atoms with Crippen molar-refractivity contribution >= 4 is 11.9 Å². The molecule has 5 fully saturated rings. The van der Waals surface area contributed by atoms with Crippen LogP contribution in [0.15, 0.2) is 12.3 Å². The highest BCUT2D eigenvalue weighted by Crippen LogP contribution is 2.60. The fourth-order valence-electron chi connectivity index (χ4n) is 7.37. The van der Waals surface area contributed by atoms with Gasteiger partial charge in [0, 0.05) is 43.4 Å². The van der Waals surface area contributed by atoms with Gasteiger partial charge in [-0.15, -0.1) is 5.10 Å². The van der Waals surface area contributed by atoms with Crippen molar-refractivity contribution < 1.29 is 22.6 Å². The van der Waals surface area contributed by atoms with Crippen LogP contribution < -0.4 is 25.4 Å².